The van der Waals surface area contributed by atoms with Crippen molar-refractivity contribution >= 4 is 10.0 Å². The third kappa shape index (κ3) is 3.83. The van der Waals surface area contributed by atoms with Gasteiger partial charge in [0.05, 0.1) is 11.5 Å². The Morgan fingerprint density at radius 2 is 2.12 bits per heavy atom. The normalized spacial score (nSPS) is 12.9. The first-order valence-electron chi connectivity index (χ1n) is 5.58. The molecule has 5 nitrogen and oxygen atoms in total. The molecule has 0 amide bonds. The van der Waals surface area contributed by atoms with Crippen LogP contribution in [0.5, 0.6) is 0 Å². The maximum absolute atomic E-state index is 11.9. The molecule has 6 heteroatoms. The van der Waals surface area contributed by atoms with Gasteiger partial charge in [0.1, 0.15) is 0 Å². The molecule has 0 aliphatic heterocycles. The number of aliphatic hydroxyl groups excluding tert-OH is 1. The zero-order chi connectivity index (χ0) is 13.1. The van der Waals surface area contributed by atoms with Gasteiger partial charge in [-0.25, -0.2) is 13.1 Å². The van der Waals surface area contributed by atoms with E-state index in [-0.39, 0.29) is 16.9 Å². The molecular formula is C11H20N2O3S. The van der Waals surface area contributed by atoms with E-state index in [1.807, 2.05) is 20.8 Å². The molecule has 0 radical (unpaired) electrons. The van der Waals surface area contributed by atoms with Crippen LogP contribution in [0.1, 0.15) is 32.9 Å². The molecule has 0 aliphatic carbocycles. The summed E-state index contributed by atoms with van der Waals surface area (Å²) in [7, 11) is -3.49. The summed E-state index contributed by atoms with van der Waals surface area (Å²) in [5.41, 5.74) is 0.420. The Morgan fingerprint density at radius 1 is 1.47 bits per heavy atom. The lowest BCUT2D eigenvalue weighted by Crippen LogP contribution is -2.33. The fourth-order valence-corrected chi connectivity index (χ4v) is 2.42. The molecule has 0 saturated heterocycles. The van der Waals surface area contributed by atoms with Crippen molar-refractivity contribution in [1.82, 2.24) is 9.71 Å². The van der Waals surface area contributed by atoms with Gasteiger partial charge in [0.25, 0.3) is 0 Å². The van der Waals surface area contributed by atoms with Crippen LogP contribution in [-0.2, 0) is 16.6 Å². The molecular weight excluding hydrogens is 240 g/mol. The van der Waals surface area contributed by atoms with E-state index in [1.165, 1.54) is 12.3 Å². The predicted octanol–water partition coefficient (Wildman–Crippen LogP) is 1.22. The quantitative estimate of drug-likeness (QED) is 0.719. The SMILES string of the molecule is CCC(C)(C)CNS(=O)(=O)c1c[nH]c(CO)c1. The van der Waals surface area contributed by atoms with Crippen molar-refractivity contribution in [2.45, 2.75) is 38.7 Å². The van der Waals surface area contributed by atoms with Crippen LogP contribution in [0.3, 0.4) is 0 Å². The number of aliphatic hydroxyl groups is 1. The molecule has 17 heavy (non-hydrogen) atoms. The fourth-order valence-electron chi connectivity index (χ4n) is 1.16. The maximum Gasteiger partial charge on any atom is 0.242 e. The Balaban J connectivity index is 2.76. The van der Waals surface area contributed by atoms with Crippen molar-refractivity contribution in [3.05, 3.63) is 18.0 Å². The summed E-state index contributed by atoms with van der Waals surface area (Å²) in [6.45, 7) is 6.23. The third-order valence-corrected chi connectivity index (χ3v) is 4.28. The van der Waals surface area contributed by atoms with Crippen molar-refractivity contribution in [2.75, 3.05) is 6.54 Å². The van der Waals surface area contributed by atoms with Crippen molar-refractivity contribution in [1.29, 1.82) is 0 Å². The van der Waals surface area contributed by atoms with Gasteiger partial charge in [-0.3, -0.25) is 0 Å². The molecule has 0 saturated carbocycles. The lowest BCUT2D eigenvalue weighted by Gasteiger charge is -2.22. The first-order chi connectivity index (χ1) is 7.80. The fraction of sp³-hybridized carbons (Fsp3) is 0.636. The molecule has 1 rings (SSSR count). The van der Waals surface area contributed by atoms with Gasteiger partial charge < -0.3 is 10.1 Å². The van der Waals surface area contributed by atoms with Crippen LogP contribution in [0.15, 0.2) is 17.2 Å². The van der Waals surface area contributed by atoms with Gasteiger partial charge in [-0.15, -0.1) is 0 Å². The Labute approximate surface area is 102 Å². The minimum Gasteiger partial charge on any atom is -0.390 e. The average Bonchev–Trinajstić information content (AvgIpc) is 2.76. The van der Waals surface area contributed by atoms with Gasteiger partial charge >= 0.3 is 0 Å². The number of hydrogen-bond acceptors (Lipinski definition) is 3. The van der Waals surface area contributed by atoms with E-state index in [9.17, 15) is 8.42 Å². The van der Waals surface area contributed by atoms with E-state index in [0.717, 1.165) is 6.42 Å². The van der Waals surface area contributed by atoms with E-state index >= 15 is 0 Å². The second-order valence-electron chi connectivity index (χ2n) is 4.86. The zero-order valence-electron chi connectivity index (χ0n) is 10.4. The lowest BCUT2D eigenvalue weighted by atomic mass is 9.91. The molecule has 0 fully saturated rings. The van der Waals surface area contributed by atoms with Crippen molar-refractivity contribution < 1.29 is 13.5 Å². The molecule has 0 aromatic carbocycles. The van der Waals surface area contributed by atoms with Gasteiger partial charge in [0.2, 0.25) is 10.0 Å². The molecule has 3 N–H and O–H groups in total. The smallest absolute Gasteiger partial charge is 0.242 e. The second-order valence-corrected chi connectivity index (χ2v) is 6.63. The summed E-state index contributed by atoms with van der Waals surface area (Å²) in [5.74, 6) is 0. The van der Waals surface area contributed by atoms with E-state index in [1.54, 1.807) is 0 Å². The number of hydrogen-bond donors (Lipinski definition) is 3. The molecule has 1 heterocycles. The summed E-state index contributed by atoms with van der Waals surface area (Å²) in [5, 5.41) is 8.87. The summed E-state index contributed by atoms with van der Waals surface area (Å²) < 4.78 is 26.4. The summed E-state index contributed by atoms with van der Waals surface area (Å²) in [6.07, 6.45) is 2.28. The first kappa shape index (κ1) is 14.2. The summed E-state index contributed by atoms with van der Waals surface area (Å²) >= 11 is 0. The van der Waals surface area contributed by atoms with Crippen LogP contribution in [0.4, 0.5) is 0 Å². The number of nitrogens with one attached hydrogen (secondary N) is 2. The summed E-state index contributed by atoms with van der Waals surface area (Å²) in [4.78, 5) is 2.86. The highest BCUT2D eigenvalue weighted by molar-refractivity contribution is 7.89. The molecule has 1 aromatic heterocycles. The number of sulfonamides is 1. The van der Waals surface area contributed by atoms with Crippen molar-refractivity contribution in [3.63, 3.8) is 0 Å². The molecule has 0 bridgehead atoms. The van der Waals surface area contributed by atoms with Crippen LogP contribution in [0, 0.1) is 5.41 Å². The van der Waals surface area contributed by atoms with Crippen LogP contribution in [0.2, 0.25) is 0 Å². The Hall–Kier alpha value is -0.850. The standard InChI is InChI=1S/C11H20N2O3S/c1-4-11(2,3)8-13-17(15,16)10-5-9(7-14)12-6-10/h5-6,12-14H,4,7-8H2,1-3H3. The van der Waals surface area contributed by atoms with Gasteiger partial charge in [-0.05, 0) is 17.9 Å². The minimum atomic E-state index is -3.49. The number of rotatable bonds is 6. The van der Waals surface area contributed by atoms with Crippen molar-refractivity contribution in [3.8, 4) is 0 Å². The highest BCUT2D eigenvalue weighted by atomic mass is 32.2. The average molecular weight is 260 g/mol. The largest absolute Gasteiger partial charge is 0.390 e. The molecule has 98 valence electrons. The number of aromatic nitrogens is 1. The van der Waals surface area contributed by atoms with Crippen LogP contribution in [-0.4, -0.2) is 25.1 Å². The molecule has 0 unspecified atom stereocenters. The third-order valence-electron chi connectivity index (χ3n) is 2.89. The monoisotopic (exact) mass is 260 g/mol. The Kier molecular flexibility index (Phi) is 4.35. The number of aromatic amines is 1. The van der Waals surface area contributed by atoms with E-state index < -0.39 is 10.0 Å². The minimum absolute atomic E-state index is 0.0663. The van der Waals surface area contributed by atoms with Crippen LogP contribution >= 0.6 is 0 Å². The maximum atomic E-state index is 11.9. The van der Waals surface area contributed by atoms with Gasteiger partial charge in [0, 0.05) is 18.4 Å². The zero-order valence-corrected chi connectivity index (χ0v) is 11.3. The number of H-pyrrole nitrogens is 1. The predicted molar refractivity (Wildman–Crippen MR) is 66.0 cm³/mol. The van der Waals surface area contributed by atoms with E-state index in [4.69, 9.17) is 5.11 Å². The van der Waals surface area contributed by atoms with Crippen LogP contribution in [0.25, 0.3) is 0 Å². The second kappa shape index (κ2) is 5.20. The molecule has 0 spiro atoms. The highest BCUT2D eigenvalue weighted by Crippen LogP contribution is 2.19. The summed E-state index contributed by atoms with van der Waals surface area (Å²) in [6, 6.07) is 1.43. The molecule has 1 aromatic rings. The van der Waals surface area contributed by atoms with Gasteiger partial charge in [0.15, 0.2) is 0 Å². The Morgan fingerprint density at radius 3 is 2.59 bits per heavy atom. The first-order valence-corrected chi connectivity index (χ1v) is 7.07. The lowest BCUT2D eigenvalue weighted by molar-refractivity contribution is 0.277. The van der Waals surface area contributed by atoms with Crippen LogP contribution < -0.4 is 4.72 Å². The molecule has 0 atom stereocenters. The van der Waals surface area contributed by atoms with Gasteiger partial charge in [-0.2, -0.15) is 0 Å². The topological polar surface area (TPSA) is 82.2 Å². The molecule has 0 aliphatic rings. The van der Waals surface area contributed by atoms with Gasteiger partial charge in [-0.1, -0.05) is 20.8 Å². The highest BCUT2D eigenvalue weighted by Gasteiger charge is 2.21. The Bertz CT molecular complexity index is 463. The van der Waals surface area contributed by atoms with E-state index in [2.05, 4.69) is 9.71 Å². The van der Waals surface area contributed by atoms with Crippen molar-refractivity contribution in [2.24, 2.45) is 5.41 Å². The van der Waals surface area contributed by atoms with E-state index in [0.29, 0.717) is 12.2 Å².